The van der Waals surface area contributed by atoms with E-state index in [-0.39, 0.29) is 31.4 Å². The van der Waals surface area contributed by atoms with Crippen LogP contribution in [0.4, 0.5) is 14.5 Å². The quantitative estimate of drug-likeness (QED) is 0.368. The molecule has 2 saturated heterocycles. The van der Waals surface area contributed by atoms with Gasteiger partial charge in [0, 0.05) is 44.3 Å². The highest BCUT2D eigenvalue weighted by molar-refractivity contribution is 6.14. The van der Waals surface area contributed by atoms with Crippen molar-refractivity contribution in [1.29, 1.82) is 0 Å². The highest BCUT2D eigenvalue weighted by atomic mass is 19.3. The van der Waals surface area contributed by atoms with E-state index in [1.54, 1.807) is 29.3 Å². The van der Waals surface area contributed by atoms with E-state index in [9.17, 15) is 23.2 Å². The molecule has 14 heteroatoms. The van der Waals surface area contributed by atoms with Crippen molar-refractivity contribution in [2.75, 3.05) is 57.4 Å². The number of carbonyl (C=O) groups excluding carboxylic acids is 3. The number of anilines is 1. The lowest BCUT2D eigenvalue weighted by Gasteiger charge is -2.43. The molecule has 6 rings (SSSR count). The molecule has 12 nitrogen and oxygen atoms in total. The SMILES string of the molecule is Cc1cccc2c1C1(CCN(C(=O)c3cnc4[nH]ncc4c3)CC1)C(=O)N2C(N)(CN1CCOCC1)C(=O)NCC(F)F. The number of hydrogen-bond acceptors (Lipinski definition) is 8. The maximum absolute atomic E-state index is 14.6. The molecule has 3 amide bonds. The lowest BCUT2D eigenvalue weighted by molar-refractivity contribution is -0.134. The minimum atomic E-state index is -2.78. The summed E-state index contributed by atoms with van der Waals surface area (Å²) in [6, 6.07) is 7.17. The Labute approximate surface area is 246 Å². The van der Waals surface area contributed by atoms with Gasteiger partial charge in [-0.05, 0) is 43.0 Å². The van der Waals surface area contributed by atoms with Crippen LogP contribution < -0.4 is 16.0 Å². The number of pyridine rings is 1. The third kappa shape index (κ3) is 5.02. The molecule has 1 atom stereocenters. The Morgan fingerprint density at radius 2 is 1.93 bits per heavy atom. The summed E-state index contributed by atoms with van der Waals surface area (Å²) < 4.78 is 31.7. The average molecular weight is 597 g/mol. The van der Waals surface area contributed by atoms with Gasteiger partial charge in [-0.25, -0.2) is 13.8 Å². The van der Waals surface area contributed by atoms with E-state index in [1.807, 2.05) is 17.9 Å². The van der Waals surface area contributed by atoms with Crippen molar-refractivity contribution in [3.05, 3.63) is 53.3 Å². The standard InChI is InChI=1S/C29H34F2N8O4/c1-18-3-2-4-21-23(18)28(5-7-38(8-6-28)25(40)20-13-19-15-35-36-24(19)33-14-20)27(42)39(21)29(32,26(41)34-16-22(30)31)17-37-9-11-43-12-10-37/h2-4,13-15,22H,5-12,16-17,32H2,1H3,(H,34,41)(H,33,35,36). The normalized spacial score (nSPS) is 20.1. The van der Waals surface area contributed by atoms with Crippen LogP contribution in [-0.2, 0) is 19.7 Å². The number of piperidine rings is 1. The number of nitrogens with two attached hydrogens (primary N) is 1. The molecule has 1 unspecified atom stereocenters. The lowest BCUT2D eigenvalue weighted by atomic mass is 9.72. The van der Waals surface area contributed by atoms with E-state index >= 15 is 0 Å². The zero-order valence-electron chi connectivity index (χ0n) is 23.8. The molecule has 3 aromatic rings. The van der Waals surface area contributed by atoms with Gasteiger partial charge in [-0.3, -0.25) is 35.0 Å². The Bertz CT molecular complexity index is 1550. The Kier molecular flexibility index (Phi) is 7.60. The van der Waals surface area contributed by atoms with Gasteiger partial charge in [-0.2, -0.15) is 5.10 Å². The Hall–Kier alpha value is -4.01. The molecule has 1 aromatic carbocycles. The predicted octanol–water partition coefficient (Wildman–Crippen LogP) is 1.16. The number of H-pyrrole nitrogens is 1. The number of morpholine rings is 1. The number of benzene rings is 1. The van der Waals surface area contributed by atoms with Crippen LogP contribution in [0.1, 0.15) is 34.3 Å². The first kappa shape index (κ1) is 29.1. The highest BCUT2D eigenvalue weighted by Crippen LogP contribution is 2.51. The number of rotatable bonds is 7. The number of ether oxygens (including phenoxy) is 1. The number of halogens is 2. The lowest BCUT2D eigenvalue weighted by Crippen LogP contribution is -2.72. The van der Waals surface area contributed by atoms with Gasteiger partial charge in [0.2, 0.25) is 5.91 Å². The van der Waals surface area contributed by atoms with Gasteiger partial charge < -0.3 is 15.0 Å². The number of amides is 3. The van der Waals surface area contributed by atoms with Gasteiger partial charge in [-0.15, -0.1) is 0 Å². The number of aryl methyl sites for hydroxylation is 1. The molecule has 2 fully saturated rings. The van der Waals surface area contributed by atoms with Crippen molar-refractivity contribution >= 4 is 34.4 Å². The number of nitrogens with zero attached hydrogens (tertiary/aromatic N) is 5. The number of carbonyl (C=O) groups is 3. The van der Waals surface area contributed by atoms with Crippen molar-refractivity contribution in [3.63, 3.8) is 0 Å². The number of aromatic amines is 1. The van der Waals surface area contributed by atoms with Gasteiger partial charge in [-0.1, -0.05) is 12.1 Å². The maximum Gasteiger partial charge on any atom is 0.262 e. The molecule has 0 bridgehead atoms. The second-order valence-corrected chi connectivity index (χ2v) is 11.4. The van der Waals surface area contributed by atoms with Crippen molar-refractivity contribution < 1.29 is 27.9 Å². The molecule has 228 valence electrons. The number of fused-ring (bicyclic) bond motifs is 3. The monoisotopic (exact) mass is 596 g/mol. The Balaban J connectivity index is 1.32. The van der Waals surface area contributed by atoms with Crippen LogP contribution in [0.15, 0.2) is 36.7 Å². The van der Waals surface area contributed by atoms with Crippen molar-refractivity contribution in [3.8, 4) is 0 Å². The molecule has 1 spiro atoms. The van der Waals surface area contributed by atoms with Crippen molar-refractivity contribution in [2.45, 2.75) is 37.3 Å². The molecule has 2 aromatic heterocycles. The van der Waals surface area contributed by atoms with Crippen molar-refractivity contribution in [2.24, 2.45) is 5.73 Å². The molecule has 43 heavy (non-hydrogen) atoms. The number of hydrogen-bond donors (Lipinski definition) is 3. The van der Waals surface area contributed by atoms with Crippen LogP contribution in [0, 0.1) is 6.92 Å². The molecule has 3 aliphatic rings. The number of likely N-dealkylation sites (tertiary alicyclic amines) is 1. The van der Waals surface area contributed by atoms with E-state index in [4.69, 9.17) is 10.5 Å². The molecular formula is C29H34F2N8O4. The molecule has 3 aliphatic heterocycles. The van der Waals surface area contributed by atoms with Crippen molar-refractivity contribution in [1.82, 2.24) is 30.3 Å². The zero-order chi connectivity index (χ0) is 30.4. The summed E-state index contributed by atoms with van der Waals surface area (Å²) >= 11 is 0. The third-order valence-electron chi connectivity index (χ3n) is 8.80. The summed E-state index contributed by atoms with van der Waals surface area (Å²) in [5.41, 5.74) is 6.98. The van der Waals surface area contributed by atoms with E-state index in [0.29, 0.717) is 56.0 Å². The van der Waals surface area contributed by atoms with Gasteiger partial charge in [0.15, 0.2) is 11.3 Å². The topological polar surface area (TPSA) is 150 Å². The van der Waals surface area contributed by atoms with E-state index < -0.39 is 30.0 Å². The Morgan fingerprint density at radius 1 is 1.19 bits per heavy atom. The fraction of sp³-hybridized carbons (Fsp3) is 0.483. The minimum Gasteiger partial charge on any atom is -0.379 e. The summed E-state index contributed by atoms with van der Waals surface area (Å²) in [6.45, 7) is 3.33. The van der Waals surface area contributed by atoms with E-state index in [1.165, 1.54) is 11.1 Å². The summed E-state index contributed by atoms with van der Waals surface area (Å²) in [7, 11) is 0. The second kappa shape index (κ2) is 11.2. The molecule has 0 radical (unpaired) electrons. The Morgan fingerprint density at radius 3 is 2.65 bits per heavy atom. The molecule has 5 heterocycles. The summed E-state index contributed by atoms with van der Waals surface area (Å²) in [5.74, 6) is -1.43. The smallest absolute Gasteiger partial charge is 0.262 e. The zero-order valence-corrected chi connectivity index (χ0v) is 23.8. The third-order valence-corrected chi connectivity index (χ3v) is 8.80. The maximum atomic E-state index is 14.6. The van der Waals surface area contributed by atoms with Crippen LogP contribution in [0.3, 0.4) is 0 Å². The van der Waals surface area contributed by atoms with E-state index in [0.717, 1.165) is 16.5 Å². The predicted molar refractivity (Wildman–Crippen MR) is 153 cm³/mol. The van der Waals surface area contributed by atoms with Gasteiger partial charge >= 0.3 is 0 Å². The second-order valence-electron chi connectivity index (χ2n) is 11.4. The molecule has 0 aliphatic carbocycles. The summed E-state index contributed by atoms with van der Waals surface area (Å²) in [6.07, 6.45) is 0.933. The largest absolute Gasteiger partial charge is 0.379 e. The van der Waals surface area contributed by atoms with Crippen LogP contribution in [0.25, 0.3) is 11.0 Å². The molecule has 4 N–H and O–H groups in total. The first-order chi connectivity index (χ1) is 20.6. The number of aromatic nitrogens is 3. The van der Waals surface area contributed by atoms with Crippen LogP contribution in [-0.4, -0.2) is 107 Å². The highest BCUT2D eigenvalue weighted by Gasteiger charge is 2.59. The van der Waals surface area contributed by atoms with Gasteiger partial charge in [0.05, 0.1) is 42.6 Å². The number of alkyl halides is 2. The fourth-order valence-corrected chi connectivity index (χ4v) is 6.65. The summed E-state index contributed by atoms with van der Waals surface area (Å²) in [4.78, 5) is 50.9. The van der Waals surface area contributed by atoms with Crippen LogP contribution in [0.5, 0.6) is 0 Å². The first-order valence-corrected chi connectivity index (χ1v) is 14.3. The van der Waals surface area contributed by atoms with Crippen LogP contribution in [0.2, 0.25) is 0 Å². The first-order valence-electron chi connectivity index (χ1n) is 14.3. The van der Waals surface area contributed by atoms with Crippen LogP contribution >= 0.6 is 0 Å². The van der Waals surface area contributed by atoms with Gasteiger partial charge in [0.1, 0.15) is 0 Å². The summed E-state index contributed by atoms with van der Waals surface area (Å²) in [5, 5.41) is 9.71. The molecular weight excluding hydrogens is 562 g/mol. The fourth-order valence-electron chi connectivity index (χ4n) is 6.65. The van der Waals surface area contributed by atoms with E-state index in [2.05, 4.69) is 20.5 Å². The number of nitrogens with one attached hydrogen (secondary N) is 2. The minimum absolute atomic E-state index is 0.0608. The van der Waals surface area contributed by atoms with Gasteiger partial charge in [0.25, 0.3) is 18.2 Å². The molecule has 0 saturated carbocycles. The average Bonchev–Trinajstić information content (AvgIpc) is 3.57.